The number of nitrogens with two attached hydrogens (primary N) is 1. The van der Waals surface area contributed by atoms with Gasteiger partial charge in [0.15, 0.2) is 0 Å². The third kappa shape index (κ3) is 2.95. The number of amides is 1. The van der Waals surface area contributed by atoms with Gasteiger partial charge in [0, 0.05) is 18.7 Å². The first-order valence-corrected chi connectivity index (χ1v) is 6.38. The second-order valence-electron chi connectivity index (χ2n) is 4.96. The molecule has 2 rings (SSSR count). The van der Waals surface area contributed by atoms with Gasteiger partial charge in [-0.2, -0.15) is 0 Å². The molecule has 0 aromatic carbocycles. The van der Waals surface area contributed by atoms with E-state index in [1.54, 1.807) is 0 Å². The molecule has 2 atom stereocenters. The van der Waals surface area contributed by atoms with Crippen LogP contribution in [0.3, 0.4) is 0 Å². The number of hydrogen-bond acceptors (Lipinski definition) is 3. The molecule has 16 heavy (non-hydrogen) atoms. The maximum Gasteiger partial charge on any atom is 0.226 e. The van der Waals surface area contributed by atoms with Crippen LogP contribution >= 0.6 is 0 Å². The SMILES string of the molecule is CCOC1CC1C(=O)NC1CCC(N)CC1. The predicted molar refractivity (Wildman–Crippen MR) is 61.9 cm³/mol. The molecule has 0 radical (unpaired) electrons. The van der Waals surface area contributed by atoms with Crippen molar-refractivity contribution in [3.8, 4) is 0 Å². The molecule has 0 aliphatic heterocycles. The molecular formula is C12H22N2O2. The Morgan fingerprint density at radius 2 is 2.06 bits per heavy atom. The predicted octanol–water partition coefficient (Wildman–Crippen LogP) is 0.797. The maximum atomic E-state index is 11.8. The van der Waals surface area contributed by atoms with Crippen molar-refractivity contribution in [1.29, 1.82) is 0 Å². The van der Waals surface area contributed by atoms with Gasteiger partial charge in [0.05, 0.1) is 12.0 Å². The molecule has 4 nitrogen and oxygen atoms in total. The Bertz CT molecular complexity index is 249. The van der Waals surface area contributed by atoms with Gasteiger partial charge in [0.25, 0.3) is 0 Å². The number of carbonyl (C=O) groups excluding carboxylic acids is 1. The van der Waals surface area contributed by atoms with E-state index in [2.05, 4.69) is 5.32 Å². The third-order valence-electron chi connectivity index (χ3n) is 3.57. The molecule has 0 bridgehead atoms. The second kappa shape index (κ2) is 5.15. The zero-order valence-corrected chi connectivity index (χ0v) is 9.95. The van der Waals surface area contributed by atoms with Crippen molar-refractivity contribution >= 4 is 5.91 Å². The van der Waals surface area contributed by atoms with E-state index >= 15 is 0 Å². The van der Waals surface area contributed by atoms with Gasteiger partial charge < -0.3 is 15.8 Å². The Hall–Kier alpha value is -0.610. The standard InChI is InChI=1S/C12H22N2O2/c1-2-16-11-7-10(11)12(15)14-9-5-3-8(13)4-6-9/h8-11H,2-7,13H2,1H3,(H,14,15). The Labute approximate surface area is 96.9 Å². The summed E-state index contributed by atoms with van der Waals surface area (Å²) in [6.07, 6.45) is 5.19. The van der Waals surface area contributed by atoms with Crippen molar-refractivity contribution in [1.82, 2.24) is 5.32 Å². The van der Waals surface area contributed by atoms with Crippen LogP contribution in [0.1, 0.15) is 39.0 Å². The first kappa shape index (κ1) is 11.9. The molecule has 2 saturated carbocycles. The Morgan fingerprint density at radius 1 is 1.38 bits per heavy atom. The summed E-state index contributed by atoms with van der Waals surface area (Å²) in [5.41, 5.74) is 5.83. The van der Waals surface area contributed by atoms with Crippen LogP contribution in [0.15, 0.2) is 0 Å². The van der Waals surface area contributed by atoms with E-state index in [1.807, 2.05) is 6.92 Å². The van der Waals surface area contributed by atoms with Crippen molar-refractivity contribution in [2.45, 2.75) is 57.2 Å². The number of carbonyl (C=O) groups is 1. The van der Waals surface area contributed by atoms with Crippen molar-refractivity contribution in [2.24, 2.45) is 11.7 Å². The number of nitrogens with one attached hydrogen (secondary N) is 1. The van der Waals surface area contributed by atoms with Gasteiger partial charge >= 0.3 is 0 Å². The van der Waals surface area contributed by atoms with Crippen LogP contribution in [-0.2, 0) is 9.53 Å². The molecule has 2 aliphatic carbocycles. The summed E-state index contributed by atoms with van der Waals surface area (Å²) in [5.74, 6) is 0.287. The van der Waals surface area contributed by atoms with Crippen LogP contribution in [0, 0.1) is 5.92 Å². The van der Waals surface area contributed by atoms with Crippen LogP contribution in [-0.4, -0.2) is 30.7 Å². The summed E-state index contributed by atoms with van der Waals surface area (Å²) in [6.45, 7) is 2.67. The van der Waals surface area contributed by atoms with E-state index in [1.165, 1.54) is 0 Å². The maximum absolute atomic E-state index is 11.8. The first-order chi connectivity index (χ1) is 7.70. The molecule has 2 aliphatic rings. The van der Waals surface area contributed by atoms with Gasteiger partial charge in [-0.1, -0.05) is 0 Å². The summed E-state index contributed by atoms with van der Waals surface area (Å²) in [5, 5.41) is 3.12. The van der Waals surface area contributed by atoms with E-state index in [0.29, 0.717) is 18.7 Å². The molecule has 2 unspecified atom stereocenters. The number of rotatable bonds is 4. The molecule has 0 spiro atoms. The topological polar surface area (TPSA) is 64.3 Å². The van der Waals surface area contributed by atoms with Gasteiger partial charge in [-0.3, -0.25) is 4.79 Å². The van der Waals surface area contributed by atoms with Gasteiger partial charge in [0.1, 0.15) is 0 Å². The summed E-state index contributed by atoms with van der Waals surface area (Å²) in [7, 11) is 0. The highest BCUT2D eigenvalue weighted by molar-refractivity contribution is 5.82. The van der Waals surface area contributed by atoms with Gasteiger partial charge in [-0.15, -0.1) is 0 Å². The van der Waals surface area contributed by atoms with Gasteiger partial charge in [-0.05, 0) is 39.0 Å². The van der Waals surface area contributed by atoms with E-state index in [4.69, 9.17) is 10.5 Å². The Kier molecular flexibility index (Phi) is 3.82. The molecule has 0 saturated heterocycles. The highest BCUT2D eigenvalue weighted by Crippen LogP contribution is 2.34. The van der Waals surface area contributed by atoms with Gasteiger partial charge in [-0.25, -0.2) is 0 Å². The molecule has 3 N–H and O–H groups in total. The van der Waals surface area contributed by atoms with Crippen molar-refractivity contribution in [3.63, 3.8) is 0 Å². The van der Waals surface area contributed by atoms with Crippen LogP contribution in [0.4, 0.5) is 0 Å². The summed E-state index contributed by atoms with van der Waals surface area (Å²) < 4.78 is 5.41. The lowest BCUT2D eigenvalue weighted by molar-refractivity contribution is -0.124. The van der Waals surface area contributed by atoms with Crippen molar-refractivity contribution < 1.29 is 9.53 Å². The largest absolute Gasteiger partial charge is 0.378 e. The van der Waals surface area contributed by atoms with Crippen LogP contribution in [0.2, 0.25) is 0 Å². The minimum absolute atomic E-state index is 0.107. The Balaban J connectivity index is 1.68. The minimum Gasteiger partial charge on any atom is -0.378 e. The van der Waals surface area contributed by atoms with Crippen LogP contribution in [0.5, 0.6) is 0 Å². The van der Waals surface area contributed by atoms with E-state index in [0.717, 1.165) is 32.1 Å². The van der Waals surface area contributed by atoms with E-state index < -0.39 is 0 Å². The molecule has 0 aromatic heterocycles. The number of ether oxygens (including phenoxy) is 1. The summed E-state index contributed by atoms with van der Waals surface area (Å²) in [6, 6.07) is 0.681. The monoisotopic (exact) mass is 226 g/mol. The smallest absolute Gasteiger partial charge is 0.226 e. The van der Waals surface area contributed by atoms with E-state index in [9.17, 15) is 4.79 Å². The highest BCUT2D eigenvalue weighted by Gasteiger charge is 2.44. The molecular weight excluding hydrogens is 204 g/mol. The molecule has 4 heteroatoms. The summed E-state index contributed by atoms with van der Waals surface area (Å²) >= 11 is 0. The zero-order valence-electron chi connectivity index (χ0n) is 9.95. The Morgan fingerprint density at radius 3 is 2.69 bits per heavy atom. The van der Waals surface area contributed by atoms with Crippen LogP contribution < -0.4 is 11.1 Å². The number of hydrogen-bond donors (Lipinski definition) is 2. The fourth-order valence-corrected chi connectivity index (χ4v) is 2.42. The molecule has 92 valence electrons. The zero-order chi connectivity index (χ0) is 11.5. The quantitative estimate of drug-likeness (QED) is 0.745. The molecule has 0 aromatic rings. The molecule has 0 heterocycles. The second-order valence-corrected chi connectivity index (χ2v) is 4.96. The lowest BCUT2D eigenvalue weighted by Gasteiger charge is -2.26. The highest BCUT2D eigenvalue weighted by atomic mass is 16.5. The first-order valence-electron chi connectivity index (χ1n) is 6.38. The van der Waals surface area contributed by atoms with E-state index in [-0.39, 0.29) is 17.9 Å². The summed E-state index contributed by atoms with van der Waals surface area (Å²) in [4.78, 5) is 11.8. The lowest BCUT2D eigenvalue weighted by Crippen LogP contribution is -2.41. The fourth-order valence-electron chi connectivity index (χ4n) is 2.42. The normalized spacial score (nSPS) is 38.1. The van der Waals surface area contributed by atoms with Crippen molar-refractivity contribution in [2.75, 3.05) is 6.61 Å². The average Bonchev–Trinajstić information content (AvgIpc) is 3.01. The van der Waals surface area contributed by atoms with Crippen molar-refractivity contribution in [3.05, 3.63) is 0 Å². The fraction of sp³-hybridized carbons (Fsp3) is 0.917. The lowest BCUT2D eigenvalue weighted by atomic mass is 9.92. The molecule has 2 fully saturated rings. The van der Waals surface area contributed by atoms with Crippen LogP contribution in [0.25, 0.3) is 0 Å². The van der Waals surface area contributed by atoms with Gasteiger partial charge in [0.2, 0.25) is 5.91 Å². The molecule has 1 amide bonds. The third-order valence-corrected chi connectivity index (χ3v) is 3.57. The minimum atomic E-state index is 0.107. The average molecular weight is 226 g/mol.